The van der Waals surface area contributed by atoms with Crippen LogP contribution >= 0.6 is 11.8 Å². The van der Waals surface area contributed by atoms with Crippen molar-refractivity contribution in [1.29, 1.82) is 0 Å². The molecular formula is C23H27N3O4S. The van der Waals surface area contributed by atoms with E-state index in [1.807, 2.05) is 44.2 Å². The Morgan fingerprint density at radius 1 is 1.19 bits per heavy atom. The first-order valence-corrected chi connectivity index (χ1v) is 10.9. The number of carbonyl (C=O) groups is 2. The van der Waals surface area contributed by atoms with Crippen LogP contribution in [0.25, 0.3) is 0 Å². The Balaban J connectivity index is 1.78. The molecule has 1 N–H and O–H groups in total. The van der Waals surface area contributed by atoms with E-state index in [-0.39, 0.29) is 18.2 Å². The molecule has 1 heterocycles. The van der Waals surface area contributed by atoms with Crippen molar-refractivity contribution < 1.29 is 19.1 Å². The van der Waals surface area contributed by atoms with Gasteiger partial charge >= 0.3 is 0 Å². The number of nitrogens with zero attached hydrogens (tertiary/aromatic N) is 2. The SMILES string of the molecule is COCCN1C(=O)C(CC(=O)Nc2ccccc2OC)SC1=Nc1cc(C)ccc1C. The summed E-state index contributed by atoms with van der Waals surface area (Å²) in [6.07, 6.45) is 0.0385. The number of carbonyl (C=O) groups excluding carboxylic acids is 2. The minimum absolute atomic E-state index is 0.0385. The lowest BCUT2D eigenvalue weighted by molar-refractivity contribution is -0.128. The zero-order valence-corrected chi connectivity index (χ0v) is 19.0. The Bertz CT molecular complexity index is 993. The lowest BCUT2D eigenvalue weighted by Crippen LogP contribution is -2.35. The third kappa shape index (κ3) is 5.65. The Morgan fingerprint density at radius 3 is 2.71 bits per heavy atom. The maximum absolute atomic E-state index is 13.0. The number of hydrogen-bond donors (Lipinski definition) is 1. The molecule has 2 amide bonds. The molecule has 0 aromatic heterocycles. The van der Waals surface area contributed by atoms with Crippen molar-refractivity contribution in [3.63, 3.8) is 0 Å². The van der Waals surface area contributed by atoms with E-state index >= 15 is 0 Å². The van der Waals surface area contributed by atoms with Crippen LogP contribution in [0.4, 0.5) is 11.4 Å². The molecule has 0 spiro atoms. The van der Waals surface area contributed by atoms with Crippen LogP contribution in [0.2, 0.25) is 0 Å². The third-order valence-corrected chi connectivity index (χ3v) is 6.05. The maximum Gasteiger partial charge on any atom is 0.242 e. The van der Waals surface area contributed by atoms with Crippen LogP contribution in [0.1, 0.15) is 17.5 Å². The summed E-state index contributed by atoms with van der Waals surface area (Å²) < 4.78 is 10.4. The Kier molecular flexibility index (Phi) is 7.70. The number of amides is 2. The average Bonchev–Trinajstić information content (AvgIpc) is 3.03. The molecule has 1 saturated heterocycles. The summed E-state index contributed by atoms with van der Waals surface area (Å²) in [5, 5.41) is 2.88. The summed E-state index contributed by atoms with van der Waals surface area (Å²) in [5.74, 6) is 0.177. The highest BCUT2D eigenvalue weighted by molar-refractivity contribution is 8.15. The molecule has 1 aliphatic rings. The van der Waals surface area contributed by atoms with Gasteiger partial charge in [-0.2, -0.15) is 0 Å². The van der Waals surface area contributed by atoms with E-state index in [4.69, 9.17) is 14.5 Å². The van der Waals surface area contributed by atoms with Crippen LogP contribution in [-0.2, 0) is 14.3 Å². The largest absolute Gasteiger partial charge is 0.495 e. The Morgan fingerprint density at radius 2 is 1.97 bits per heavy atom. The molecule has 31 heavy (non-hydrogen) atoms. The van der Waals surface area contributed by atoms with Gasteiger partial charge in [-0.25, -0.2) is 4.99 Å². The van der Waals surface area contributed by atoms with E-state index < -0.39 is 5.25 Å². The van der Waals surface area contributed by atoms with Gasteiger partial charge in [0.15, 0.2) is 5.17 Å². The Hall–Kier alpha value is -2.84. The summed E-state index contributed by atoms with van der Waals surface area (Å²) in [7, 11) is 3.14. The highest BCUT2D eigenvalue weighted by atomic mass is 32.2. The molecular weight excluding hydrogens is 414 g/mol. The highest BCUT2D eigenvalue weighted by Crippen LogP contribution is 2.33. The molecule has 0 aliphatic carbocycles. The molecule has 164 valence electrons. The first-order chi connectivity index (χ1) is 14.9. The summed E-state index contributed by atoms with van der Waals surface area (Å²) in [4.78, 5) is 32.0. The van der Waals surface area contributed by atoms with E-state index in [1.54, 1.807) is 31.3 Å². The van der Waals surface area contributed by atoms with Crippen molar-refractivity contribution in [3.8, 4) is 5.75 Å². The first kappa shape index (κ1) is 22.8. The number of nitrogens with one attached hydrogen (secondary N) is 1. The van der Waals surface area contributed by atoms with E-state index in [0.717, 1.165) is 16.8 Å². The molecule has 0 bridgehead atoms. The van der Waals surface area contributed by atoms with E-state index in [9.17, 15) is 9.59 Å². The van der Waals surface area contributed by atoms with Gasteiger partial charge in [-0.3, -0.25) is 14.5 Å². The molecule has 1 fully saturated rings. The number of anilines is 1. The molecule has 2 aromatic rings. The lowest BCUT2D eigenvalue weighted by Gasteiger charge is -2.16. The lowest BCUT2D eigenvalue weighted by atomic mass is 10.1. The smallest absolute Gasteiger partial charge is 0.242 e. The molecule has 1 aliphatic heterocycles. The predicted octanol–water partition coefficient (Wildman–Crippen LogP) is 3.92. The summed E-state index contributed by atoms with van der Waals surface area (Å²) in [5.41, 5.74) is 3.51. The monoisotopic (exact) mass is 441 g/mol. The van der Waals surface area contributed by atoms with Crippen molar-refractivity contribution in [2.24, 2.45) is 4.99 Å². The van der Waals surface area contributed by atoms with Gasteiger partial charge < -0.3 is 14.8 Å². The summed E-state index contributed by atoms with van der Waals surface area (Å²) in [6.45, 7) is 4.76. The van der Waals surface area contributed by atoms with Crippen molar-refractivity contribution in [3.05, 3.63) is 53.6 Å². The number of thioether (sulfide) groups is 1. The van der Waals surface area contributed by atoms with Gasteiger partial charge in [-0.15, -0.1) is 0 Å². The zero-order valence-electron chi connectivity index (χ0n) is 18.2. The van der Waals surface area contributed by atoms with Crippen LogP contribution < -0.4 is 10.1 Å². The van der Waals surface area contributed by atoms with Crippen molar-refractivity contribution in [2.45, 2.75) is 25.5 Å². The molecule has 3 rings (SSSR count). The van der Waals surface area contributed by atoms with Gasteiger partial charge in [-0.1, -0.05) is 36.0 Å². The normalized spacial score (nSPS) is 17.3. The molecule has 1 atom stereocenters. The van der Waals surface area contributed by atoms with Crippen LogP contribution in [0.15, 0.2) is 47.5 Å². The van der Waals surface area contributed by atoms with Gasteiger partial charge in [-0.05, 0) is 43.2 Å². The zero-order chi connectivity index (χ0) is 22.4. The third-order valence-electron chi connectivity index (χ3n) is 4.87. The van der Waals surface area contributed by atoms with Gasteiger partial charge in [0.2, 0.25) is 11.8 Å². The molecule has 1 unspecified atom stereocenters. The minimum atomic E-state index is -0.546. The quantitative estimate of drug-likeness (QED) is 0.672. The predicted molar refractivity (Wildman–Crippen MR) is 124 cm³/mol. The van der Waals surface area contributed by atoms with Gasteiger partial charge in [0.25, 0.3) is 0 Å². The molecule has 8 heteroatoms. The number of hydrogen-bond acceptors (Lipinski definition) is 6. The molecule has 0 saturated carbocycles. The standard InChI is InChI=1S/C23H27N3O4S/c1-15-9-10-16(2)18(13-15)25-23-26(11-12-29-3)22(28)20(31-23)14-21(27)24-17-7-5-6-8-19(17)30-4/h5-10,13,20H,11-12,14H2,1-4H3,(H,24,27). The van der Waals surface area contributed by atoms with Crippen LogP contribution in [0, 0.1) is 13.8 Å². The van der Waals surface area contributed by atoms with Crippen molar-refractivity contribution in [1.82, 2.24) is 4.90 Å². The number of aryl methyl sites for hydroxylation is 2. The van der Waals surface area contributed by atoms with Gasteiger partial charge in [0, 0.05) is 13.5 Å². The number of amidine groups is 1. The highest BCUT2D eigenvalue weighted by Gasteiger charge is 2.39. The molecule has 0 radical (unpaired) electrons. The van der Waals surface area contributed by atoms with Crippen LogP contribution in [0.3, 0.4) is 0 Å². The van der Waals surface area contributed by atoms with E-state index in [2.05, 4.69) is 5.32 Å². The maximum atomic E-state index is 13.0. The fraction of sp³-hybridized carbons (Fsp3) is 0.348. The fourth-order valence-electron chi connectivity index (χ4n) is 3.17. The van der Waals surface area contributed by atoms with Gasteiger partial charge in [0.1, 0.15) is 11.0 Å². The number of para-hydroxylation sites is 2. The number of benzene rings is 2. The van der Waals surface area contributed by atoms with E-state index in [1.165, 1.54) is 11.8 Å². The number of ether oxygens (including phenoxy) is 2. The number of aliphatic imine (C=N–C) groups is 1. The number of methoxy groups -OCH3 is 2. The van der Waals surface area contributed by atoms with Crippen molar-refractivity contribution >= 4 is 40.1 Å². The fourth-order valence-corrected chi connectivity index (χ4v) is 4.35. The van der Waals surface area contributed by atoms with Crippen LogP contribution in [0.5, 0.6) is 5.75 Å². The summed E-state index contributed by atoms with van der Waals surface area (Å²) >= 11 is 1.31. The second-order valence-corrected chi connectivity index (χ2v) is 8.40. The first-order valence-electron chi connectivity index (χ1n) is 9.98. The van der Waals surface area contributed by atoms with E-state index in [0.29, 0.717) is 29.8 Å². The summed E-state index contributed by atoms with van der Waals surface area (Å²) in [6, 6.07) is 13.2. The molecule has 7 nitrogen and oxygen atoms in total. The number of rotatable bonds is 8. The van der Waals surface area contributed by atoms with Crippen molar-refractivity contribution in [2.75, 3.05) is 32.7 Å². The van der Waals surface area contributed by atoms with Gasteiger partial charge in [0.05, 0.1) is 31.6 Å². The topological polar surface area (TPSA) is 80.2 Å². The average molecular weight is 442 g/mol. The Labute approximate surface area is 186 Å². The van der Waals surface area contributed by atoms with Crippen LogP contribution in [-0.4, -0.2) is 54.5 Å². The second-order valence-electron chi connectivity index (χ2n) is 7.23. The minimum Gasteiger partial charge on any atom is -0.495 e. The second kappa shape index (κ2) is 10.5. The molecule has 2 aromatic carbocycles.